The van der Waals surface area contributed by atoms with Crippen molar-refractivity contribution in [2.45, 2.75) is 25.9 Å². The Morgan fingerprint density at radius 1 is 1.29 bits per heavy atom. The van der Waals surface area contributed by atoms with Crippen molar-refractivity contribution in [1.82, 2.24) is 19.9 Å². The molecule has 1 aliphatic heterocycles. The zero-order valence-electron chi connectivity index (χ0n) is 12.1. The molecule has 2 aromatic heterocycles. The molecule has 0 N–H and O–H groups in total. The van der Waals surface area contributed by atoms with Crippen LogP contribution < -0.4 is 4.90 Å². The molecule has 2 aromatic rings. The number of aromatic nitrogens is 4. The van der Waals surface area contributed by atoms with E-state index in [-0.39, 0.29) is 6.10 Å². The first-order valence-corrected chi connectivity index (χ1v) is 7.22. The average Bonchev–Trinajstić information content (AvgIpc) is 2.54. The van der Waals surface area contributed by atoms with Crippen LogP contribution in [0.25, 0.3) is 0 Å². The molecule has 0 bridgehead atoms. The number of morpholine rings is 1. The van der Waals surface area contributed by atoms with Crippen molar-refractivity contribution in [3.8, 4) is 0 Å². The first-order chi connectivity index (χ1) is 10.3. The summed E-state index contributed by atoms with van der Waals surface area (Å²) in [5.41, 5.74) is 1.06. The largest absolute Gasteiger partial charge is 0.375 e. The summed E-state index contributed by atoms with van der Waals surface area (Å²) in [6.07, 6.45) is 7.25. The van der Waals surface area contributed by atoms with E-state index in [0.29, 0.717) is 0 Å². The molecule has 1 fully saturated rings. The Morgan fingerprint density at radius 2 is 2.24 bits per heavy atom. The van der Waals surface area contributed by atoms with E-state index in [1.54, 1.807) is 12.5 Å². The summed E-state index contributed by atoms with van der Waals surface area (Å²) in [6.45, 7) is 4.38. The van der Waals surface area contributed by atoms with Gasteiger partial charge in [0.15, 0.2) is 0 Å². The number of rotatable bonds is 4. The van der Waals surface area contributed by atoms with Crippen LogP contribution in [0.2, 0.25) is 0 Å². The zero-order valence-corrected chi connectivity index (χ0v) is 12.1. The fourth-order valence-electron chi connectivity index (χ4n) is 2.50. The topological polar surface area (TPSA) is 64.0 Å². The van der Waals surface area contributed by atoms with E-state index in [4.69, 9.17) is 4.74 Å². The van der Waals surface area contributed by atoms with Crippen LogP contribution in [0.5, 0.6) is 0 Å². The highest BCUT2D eigenvalue weighted by molar-refractivity contribution is 5.38. The van der Waals surface area contributed by atoms with E-state index in [0.717, 1.165) is 49.9 Å². The van der Waals surface area contributed by atoms with Gasteiger partial charge < -0.3 is 9.64 Å². The van der Waals surface area contributed by atoms with Crippen molar-refractivity contribution in [2.24, 2.45) is 0 Å². The van der Waals surface area contributed by atoms with Gasteiger partial charge in [0.05, 0.1) is 12.7 Å². The van der Waals surface area contributed by atoms with E-state index in [2.05, 4.69) is 24.8 Å². The van der Waals surface area contributed by atoms with Crippen molar-refractivity contribution in [3.63, 3.8) is 0 Å². The second kappa shape index (κ2) is 6.58. The third kappa shape index (κ3) is 3.72. The van der Waals surface area contributed by atoms with E-state index >= 15 is 0 Å². The number of hydrogen-bond acceptors (Lipinski definition) is 6. The lowest BCUT2D eigenvalue weighted by atomic mass is 10.1. The predicted octanol–water partition coefficient (Wildman–Crippen LogP) is 1.41. The first-order valence-electron chi connectivity index (χ1n) is 7.22. The van der Waals surface area contributed by atoms with Gasteiger partial charge in [0.2, 0.25) is 0 Å². The third-order valence-corrected chi connectivity index (χ3v) is 3.59. The van der Waals surface area contributed by atoms with E-state index in [1.807, 2.05) is 25.3 Å². The van der Waals surface area contributed by atoms with Crippen LogP contribution in [0.4, 0.5) is 5.82 Å². The number of ether oxygens (including phenoxy) is 1. The molecule has 0 aromatic carbocycles. The Labute approximate surface area is 124 Å². The molecule has 0 aliphatic carbocycles. The Hall–Kier alpha value is -2.08. The summed E-state index contributed by atoms with van der Waals surface area (Å²) >= 11 is 0. The number of nitrogens with zero attached hydrogens (tertiary/aromatic N) is 5. The minimum absolute atomic E-state index is 0.212. The molecule has 1 saturated heterocycles. The lowest BCUT2D eigenvalue weighted by Gasteiger charge is -2.33. The van der Waals surface area contributed by atoms with Gasteiger partial charge in [-0.15, -0.1) is 0 Å². The Kier molecular flexibility index (Phi) is 4.35. The highest BCUT2D eigenvalue weighted by Crippen LogP contribution is 2.17. The summed E-state index contributed by atoms with van der Waals surface area (Å²) in [5.74, 6) is 1.79. The molecule has 3 rings (SSSR count). The summed E-state index contributed by atoms with van der Waals surface area (Å²) in [6, 6.07) is 3.91. The van der Waals surface area contributed by atoms with Crippen LogP contribution in [0, 0.1) is 6.92 Å². The van der Waals surface area contributed by atoms with Crippen molar-refractivity contribution >= 4 is 5.82 Å². The van der Waals surface area contributed by atoms with Gasteiger partial charge in [0, 0.05) is 31.2 Å². The smallest absolute Gasteiger partial charge is 0.132 e. The highest BCUT2D eigenvalue weighted by atomic mass is 16.5. The lowest BCUT2D eigenvalue weighted by Crippen LogP contribution is -2.43. The summed E-state index contributed by atoms with van der Waals surface area (Å²) in [4.78, 5) is 19.1. The second-order valence-electron chi connectivity index (χ2n) is 5.14. The van der Waals surface area contributed by atoms with Gasteiger partial charge in [-0.3, -0.25) is 0 Å². The quantitative estimate of drug-likeness (QED) is 0.846. The van der Waals surface area contributed by atoms with E-state index < -0.39 is 0 Å². The van der Waals surface area contributed by atoms with Crippen LogP contribution in [-0.2, 0) is 11.2 Å². The lowest BCUT2D eigenvalue weighted by molar-refractivity contribution is 0.0350. The first kappa shape index (κ1) is 13.9. The zero-order chi connectivity index (χ0) is 14.5. The van der Waals surface area contributed by atoms with Crippen LogP contribution in [0.3, 0.4) is 0 Å². The Balaban J connectivity index is 1.58. The normalized spacial score (nSPS) is 18.7. The maximum Gasteiger partial charge on any atom is 0.132 e. The van der Waals surface area contributed by atoms with Gasteiger partial charge in [-0.1, -0.05) is 0 Å². The Bertz CT molecular complexity index is 577. The molecular weight excluding hydrogens is 266 g/mol. The molecule has 110 valence electrons. The van der Waals surface area contributed by atoms with Crippen LogP contribution in [0.15, 0.2) is 30.9 Å². The molecule has 1 atom stereocenters. The molecule has 6 heteroatoms. The molecule has 0 spiro atoms. The van der Waals surface area contributed by atoms with Gasteiger partial charge in [0.25, 0.3) is 0 Å². The highest BCUT2D eigenvalue weighted by Gasteiger charge is 2.21. The number of anilines is 1. The molecule has 0 radical (unpaired) electrons. The molecule has 0 amide bonds. The van der Waals surface area contributed by atoms with Crippen molar-refractivity contribution in [2.75, 3.05) is 24.6 Å². The molecular formula is C15H19N5O. The van der Waals surface area contributed by atoms with Gasteiger partial charge >= 0.3 is 0 Å². The maximum atomic E-state index is 5.85. The van der Waals surface area contributed by atoms with Gasteiger partial charge in [-0.05, 0) is 31.9 Å². The monoisotopic (exact) mass is 285 g/mol. The molecule has 0 saturated carbocycles. The van der Waals surface area contributed by atoms with Gasteiger partial charge in [0.1, 0.15) is 18.0 Å². The standard InChI is InChI=1S/C15H19N5O/c1-12-17-7-5-15(19-12)20-8-9-21-14(10-20)3-2-13-4-6-16-11-18-13/h4-7,11,14H,2-3,8-10H2,1H3/t14-/m1/s1. The van der Waals surface area contributed by atoms with Crippen LogP contribution >= 0.6 is 0 Å². The van der Waals surface area contributed by atoms with Crippen molar-refractivity contribution in [3.05, 3.63) is 42.4 Å². The molecule has 6 nitrogen and oxygen atoms in total. The number of hydrogen-bond donors (Lipinski definition) is 0. The van der Waals surface area contributed by atoms with Gasteiger partial charge in [-0.25, -0.2) is 19.9 Å². The van der Waals surface area contributed by atoms with Crippen LogP contribution in [-0.4, -0.2) is 45.7 Å². The summed E-state index contributed by atoms with van der Waals surface area (Å²) in [7, 11) is 0. The predicted molar refractivity (Wildman–Crippen MR) is 79.1 cm³/mol. The fourth-order valence-corrected chi connectivity index (χ4v) is 2.50. The van der Waals surface area contributed by atoms with Gasteiger partial charge in [-0.2, -0.15) is 0 Å². The minimum Gasteiger partial charge on any atom is -0.375 e. The van der Waals surface area contributed by atoms with E-state index in [1.165, 1.54) is 0 Å². The second-order valence-corrected chi connectivity index (χ2v) is 5.14. The number of aryl methyl sites for hydroxylation is 2. The van der Waals surface area contributed by atoms with Crippen LogP contribution in [0.1, 0.15) is 17.9 Å². The summed E-state index contributed by atoms with van der Waals surface area (Å²) < 4.78 is 5.85. The molecule has 1 aliphatic rings. The van der Waals surface area contributed by atoms with Crippen molar-refractivity contribution in [1.29, 1.82) is 0 Å². The third-order valence-electron chi connectivity index (χ3n) is 3.59. The summed E-state index contributed by atoms with van der Waals surface area (Å²) in [5, 5.41) is 0. The van der Waals surface area contributed by atoms with E-state index in [9.17, 15) is 0 Å². The molecule has 3 heterocycles. The molecule has 0 unspecified atom stereocenters. The average molecular weight is 285 g/mol. The fraction of sp³-hybridized carbons (Fsp3) is 0.467. The van der Waals surface area contributed by atoms with Crippen molar-refractivity contribution < 1.29 is 4.74 Å². The SMILES string of the molecule is Cc1nccc(N2CCO[C@H](CCc3ccncn3)C2)n1. The minimum atomic E-state index is 0.212. The maximum absolute atomic E-state index is 5.85. The Morgan fingerprint density at radius 3 is 3.05 bits per heavy atom. The molecule has 21 heavy (non-hydrogen) atoms.